The van der Waals surface area contributed by atoms with E-state index in [4.69, 9.17) is 0 Å². The zero-order valence-corrected chi connectivity index (χ0v) is 26.3. The highest BCUT2D eigenvalue weighted by Gasteiger charge is 2.09. The van der Waals surface area contributed by atoms with E-state index < -0.39 is 0 Å². The molecule has 0 bridgehead atoms. The molecule has 0 nitrogen and oxygen atoms in total. The lowest BCUT2D eigenvalue weighted by Gasteiger charge is -2.18. The summed E-state index contributed by atoms with van der Waals surface area (Å²) in [6.07, 6.45) is 11.1. The van der Waals surface area contributed by atoms with E-state index >= 15 is 0 Å². The molecule has 1 aromatic carbocycles. The molecule has 0 aliphatic heterocycles. The topological polar surface area (TPSA) is 0 Å². The maximum Gasteiger partial charge on any atom is -0.0219 e. The van der Waals surface area contributed by atoms with Crippen LogP contribution in [-0.4, -0.2) is 0 Å². The van der Waals surface area contributed by atoms with Crippen molar-refractivity contribution in [2.45, 2.75) is 148 Å². The van der Waals surface area contributed by atoms with Gasteiger partial charge in [-0.1, -0.05) is 145 Å². The molecule has 1 aromatic rings. The number of allylic oxidation sites excluding steroid dienone is 2. The summed E-state index contributed by atoms with van der Waals surface area (Å²) < 4.78 is 0. The second kappa shape index (κ2) is 26.3. The van der Waals surface area contributed by atoms with E-state index in [1.807, 2.05) is 33.8 Å². The SMILES string of the molecule is C=C(CC)CCC.C=CCC(C)(C)C.CC.CC.CC1CCC1.Cc1ccc(C(C)C)cc1C. The Balaban J connectivity index is -0.000000174. The average molecular weight is 475 g/mol. The van der Waals surface area contributed by atoms with Crippen LogP contribution in [0.4, 0.5) is 0 Å². The molecule has 0 N–H and O–H groups in total. The van der Waals surface area contributed by atoms with Gasteiger partial charge in [-0.2, -0.15) is 0 Å². The summed E-state index contributed by atoms with van der Waals surface area (Å²) in [5.41, 5.74) is 6.03. The number of hydrogen-bond donors (Lipinski definition) is 0. The molecule has 2 rings (SSSR count). The summed E-state index contributed by atoms with van der Waals surface area (Å²) in [6, 6.07) is 6.69. The van der Waals surface area contributed by atoms with E-state index in [0.717, 1.165) is 18.8 Å². The highest BCUT2D eigenvalue weighted by molar-refractivity contribution is 5.31. The highest BCUT2D eigenvalue weighted by Crippen LogP contribution is 2.24. The molecule has 1 fully saturated rings. The average Bonchev–Trinajstić information content (AvgIpc) is 2.77. The molecule has 1 aliphatic carbocycles. The lowest BCUT2D eigenvalue weighted by molar-refractivity contribution is 0.346. The van der Waals surface area contributed by atoms with Crippen molar-refractivity contribution in [2.24, 2.45) is 11.3 Å². The number of benzene rings is 1. The zero-order valence-electron chi connectivity index (χ0n) is 26.3. The highest BCUT2D eigenvalue weighted by atomic mass is 14.1. The molecule has 0 heteroatoms. The van der Waals surface area contributed by atoms with Crippen molar-refractivity contribution in [3.05, 3.63) is 59.7 Å². The van der Waals surface area contributed by atoms with Crippen molar-refractivity contribution < 1.29 is 0 Å². The van der Waals surface area contributed by atoms with E-state index in [9.17, 15) is 0 Å². The summed E-state index contributed by atoms with van der Waals surface area (Å²) in [5.74, 6) is 1.71. The monoisotopic (exact) mass is 475 g/mol. The van der Waals surface area contributed by atoms with Crippen molar-refractivity contribution in [2.75, 3.05) is 0 Å². The first-order valence-electron chi connectivity index (χ1n) is 14.2. The van der Waals surface area contributed by atoms with Crippen LogP contribution < -0.4 is 0 Å². The third-order valence-electron chi connectivity index (χ3n) is 5.45. The van der Waals surface area contributed by atoms with Gasteiger partial charge < -0.3 is 0 Å². The van der Waals surface area contributed by atoms with Gasteiger partial charge >= 0.3 is 0 Å². The Morgan fingerprint density at radius 3 is 1.65 bits per heavy atom. The lowest BCUT2D eigenvalue weighted by Crippen LogP contribution is -2.04. The van der Waals surface area contributed by atoms with Crippen molar-refractivity contribution in [1.29, 1.82) is 0 Å². The molecule has 202 valence electrons. The van der Waals surface area contributed by atoms with Gasteiger partial charge in [-0.3, -0.25) is 0 Å². The third-order valence-corrected chi connectivity index (χ3v) is 5.45. The minimum atomic E-state index is 0.432. The van der Waals surface area contributed by atoms with E-state index in [1.54, 1.807) is 0 Å². The van der Waals surface area contributed by atoms with Gasteiger partial charge in [-0.25, -0.2) is 0 Å². The van der Waals surface area contributed by atoms with Gasteiger partial charge in [-0.05, 0) is 67.1 Å². The van der Waals surface area contributed by atoms with Crippen LogP contribution in [0.25, 0.3) is 0 Å². The summed E-state index contributed by atoms with van der Waals surface area (Å²) in [5, 5.41) is 0. The molecule has 0 spiro atoms. The van der Waals surface area contributed by atoms with Crippen molar-refractivity contribution in [3.63, 3.8) is 0 Å². The molecular weight excluding hydrogens is 408 g/mol. The quantitative estimate of drug-likeness (QED) is 0.372. The normalized spacial score (nSPS) is 11.7. The van der Waals surface area contributed by atoms with Crippen LogP contribution >= 0.6 is 0 Å². The van der Waals surface area contributed by atoms with Crippen LogP contribution in [-0.2, 0) is 0 Å². The van der Waals surface area contributed by atoms with Crippen LogP contribution in [0.3, 0.4) is 0 Å². The van der Waals surface area contributed by atoms with Crippen molar-refractivity contribution >= 4 is 0 Å². The van der Waals surface area contributed by atoms with Gasteiger partial charge in [0.1, 0.15) is 0 Å². The summed E-state index contributed by atoms with van der Waals surface area (Å²) >= 11 is 0. The maximum absolute atomic E-state index is 3.86. The predicted molar refractivity (Wildman–Crippen MR) is 164 cm³/mol. The predicted octanol–water partition coefficient (Wildman–Crippen LogP) is 12.6. The Kier molecular flexibility index (Phi) is 30.9. The fourth-order valence-electron chi connectivity index (χ4n) is 2.70. The Bertz CT molecular complexity index is 564. The molecule has 1 aliphatic rings. The van der Waals surface area contributed by atoms with Gasteiger partial charge in [0.25, 0.3) is 0 Å². The Labute approximate surface area is 218 Å². The summed E-state index contributed by atoms with van der Waals surface area (Å²) in [7, 11) is 0. The molecule has 0 saturated heterocycles. The fourth-order valence-corrected chi connectivity index (χ4v) is 2.70. The first kappa shape index (κ1) is 39.9. The molecular formula is C34H66. The van der Waals surface area contributed by atoms with Gasteiger partial charge in [0, 0.05) is 0 Å². The molecule has 1 saturated carbocycles. The number of rotatable bonds is 5. The van der Waals surface area contributed by atoms with Crippen LogP contribution in [0.15, 0.2) is 43.0 Å². The van der Waals surface area contributed by atoms with Gasteiger partial charge in [-0.15, -0.1) is 6.58 Å². The largest absolute Gasteiger partial charge is 0.103 e. The van der Waals surface area contributed by atoms with Crippen molar-refractivity contribution in [1.82, 2.24) is 0 Å². The first-order valence-corrected chi connectivity index (χ1v) is 14.2. The maximum atomic E-state index is 3.86. The Morgan fingerprint density at radius 2 is 1.47 bits per heavy atom. The van der Waals surface area contributed by atoms with Gasteiger partial charge in [0.2, 0.25) is 0 Å². The first-order chi connectivity index (χ1) is 15.9. The van der Waals surface area contributed by atoms with Crippen molar-refractivity contribution in [3.8, 4) is 0 Å². The second-order valence-corrected chi connectivity index (χ2v) is 10.4. The lowest BCUT2D eigenvalue weighted by atomic mass is 9.88. The molecule has 0 aromatic heterocycles. The standard InChI is InChI=1S/C11H16.2C7H14.C5H10.2C2H6/c1-8(2)11-6-5-9(3)10(4)7-11;1-5-6-7(2,3)4;1-4-6-7(3)5-2;1-5-3-2-4-5;2*1-2/h5-8H,1-4H3;5H,1,6H2,2-4H3;3-6H2,1-2H3;5H,2-4H2,1H3;2*1-2H3. The second-order valence-electron chi connectivity index (χ2n) is 10.4. The summed E-state index contributed by atoms with van der Waals surface area (Å²) in [6.45, 7) is 37.5. The molecule has 0 atom stereocenters. The number of aryl methyl sites for hydroxylation is 2. The molecule has 0 unspecified atom stereocenters. The van der Waals surface area contributed by atoms with E-state index in [1.165, 1.54) is 54.4 Å². The summed E-state index contributed by atoms with van der Waals surface area (Å²) in [4.78, 5) is 0. The smallest absolute Gasteiger partial charge is 0.0219 e. The molecule has 0 radical (unpaired) electrons. The third kappa shape index (κ3) is 28.7. The van der Waals surface area contributed by atoms with Crippen LogP contribution in [0, 0.1) is 25.2 Å². The minimum Gasteiger partial charge on any atom is -0.103 e. The van der Waals surface area contributed by atoms with Crippen LogP contribution in [0.5, 0.6) is 0 Å². The molecule has 0 amide bonds. The minimum absolute atomic E-state index is 0.432. The van der Waals surface area contributed by atoms with E-state index in [0.29, 0.717) is 11.3 Å². The van der Waals surface area contributed by atoms with Gasteiger partial charge in [0.15, 0.2) is 0 Å². The number of hydrogen-bond acceptors (Lipinski definition) is 0. The van der Waals surface area contributed by atoms with Crippen LogP contribution in [0.1, 0.15) is 151 Å². The van der Waals surface area contributed by atoms with E-state index in [-0.39, 0.29) is 0 Å². The zero-order chi connectivity index (χ0) is 27.7. The molecule has 34 heavy (non-hydrogen) atoms. The molecule has 0 heterocycles. The Morgan fingerprint density at radius 1 is 1.00 bits per heavy atom. The Hall–Kier alpha value is -1.30. The van der Waals surface area contributed by atoms with Crippen LogP contribution in [0.2, 0.25) is 0 Å². The van der Waals surface area contributed by atoms with E-state index in [2.05, 4.69) is 101 Å². The van der Waals surface area contributed by atoms with Gasteiger partial charge in [0.05, 0.1) is 0 Å². The fraction of sp³-hybridized carbons (Fsp3) is 0.706.